The van der Waals surface area contributed by atoms with Gasteiger partial charge in [-0.3, -0.25) is 0 Å². The molecule has 0 unspecified atom stereocenters. The summed E-state index contributed by atoms with van der Waals surface area (Å²) in [7, 11) is 0. The van der Waals surface area contributed by atoms with Gasteiger partial charge >= 0.3 is 0 Å². The van der Waals surface area contributed by atoms with Crippen molar-refractivity contribution >= 4 is 99.7 Å². The third kappa shape index (κ3) is 5.72. The molecule has 5 nitrogen and oxygen atoms in total. The van der Waals surface area contributed by atoms with Crippen molar-refractivity contribution in [3.63, 3.8) is 0 Å². The van der Waals surface area contributed by atoms with E-state index in [-0.39, 0.29) is 0 Å². The van der Waals surface area contributed by atoms with Gasteiger partial charge in [-0.1, -0.05) is 152 Å². The normalized spacial score (nSPS) is 11.7. The number of aromatic nitrogens is 2. The van der Waals surface area contributed by atoms with Crippen LogP contribution >= 0.6 is 0 Å². The number of furan rings is 1. The van der Waals surface area contributed by atoms with Crippen LogP contribution in [-0.4, -0.2) is 9.13 Å². The maximum atomic E-state index is 7.28. The standard InChI is InChI=1S/C60H40N4O/c1-6-22-41(23-7-1)61(42-24-8-2-9-25-42)57-55-49-33-17-20-36-52(49)64(45-30-14-5-15-31-45)59(55)60-56(50-34-18-21-37-54(50)65-60)58(57)62(43-26-10-3-11-27-43)46-38-39-48-47-32-16-19-35-51(47)63(53(48)40-46)44-28-12-4-13-29-44/h1-40H. The van der Waals surface area contributed by atoms with Gasteiger partial charge in [-0.25, -0.2) is 0 Å². The molecule has 0 N–H and O–H groups in total. The summed E-state index contributed by atoms with van der Waals surface area (Å²) < 4.78 is 12.1. The summed E-state index contributed by atoms with van der Waals surface area (Å²) in [6.07, 6.45) is 0. The van der Waals surface area contributed by atoms with Gasteiger partial charge in [0.25, 0.3) is 0 Å². The summed E-state index contributed by atoms with van der Waals surface area (Å²) in [5.41, 5.74) is 14.4. The van der Waals surface area contributed by atoms with Gasteiger partial charge in [0.15, 0.2) is 5.58 Å². The van der Waals surface area contributed by atoms with Crippen molar-refractivity contribution in [1.82, 2.24) is 9.13 Å². The molecule has 0 saturated carbocycles. The van der Waals surface area contributed by atoms with Crippen LogP contribution in [0.2, 0.25) is 0 Å². The number of para-hydroxylation sites is 8. The second kappa shape index (κ2) is 14.9. The van der Waals surface area contributed by atoms with E-state index in [0.29, 0.717) is 0 Å². The summed E-state index contributed by atoms with van der Waals surface area (Å²) in [5, 5.41) is 6.66. The lowest BCUT2D eigenvalue weighted by atomic mass is 9.99. The Morgan fingerprint density at radius 3 is 1.34 bits per heavy atom. The van der Waals surface area contributed by atoms with Gasteiger partial charge in [-0.15, -0.1) is 0 Å². The molecule has 0 atom stereocenters. The molecule has 0 spiro atoms. The minimum absolute atomic E-state index is 0.821. The average molecular weight is 833 g/mol. The van der Waals surface area contributed by atoms with Crippen molar-refractivity contribution in [3.8, 4) is 11.4 Å². The molecule has 65 heavy (non-hydrogen) atoms. The number of hydrogen-bond acceptors (Lipinski definition) is 3. The van der Waals surface area contributed by atoms with Crippen molar-refractivity contribution < 1.29 is 4.42 Å². The minimum Gasteiger partial charge on any atom is -0.454 e. The van der Waals surface area contributed by atoms with Gasteiger partial charge < -0.3 is 23.4 Å². The molecule has 5 heteroatoms. The van der Waals surface area contributed by atoms with Gasteiger partial charge in [0, 0.05) is 61.1 Å². The summed E-state index contributed by atoms with van der Waals surface area (Å²) in [5.74, 6) is 0. The van der Waals surface area contributed by atoms with Crippen molar-refractivity contribution in [2.24, 2.45) is 0 Å². The summed E-state index contributed by atoms with van der Waals surface area (Å²) in [4.78, 5) is 4.93. The van der Waals surface area contributed by atoms with Crippen LogP contribution in [0.1, 0.15) is 0 Å². The van der Waals surface area contributed by atoms with Crippen LogP contribution in [0.3, 0.4) is 0 Å². The molecule has 0 saturated heterocycles. The first-order valence-corrected chi connectivity index (χ1v) is 22.1. The lowest BCUT2D eigenvalue weighted by Gasteiger charge is -2.34. The van der Waals surface area contributed by atoms with E-state index in [1.165, 1.54) is 10.8 Å². The van der Waals surface area contributed by atoms with Crippen LogP contribution in [0, 0.1) is 0 Å². The highest BCUT2D eigenvalue weighted by Crippen LogP contribution is 2.57. The third-order valence-corrected chi connectivity index (χ3v) is 12.8. The highest BCUT2D eigenvalue weighted by molar-refractivity contribution is 6.33. The highest BCUT2D eigenvalue weighted by Gasteiger charge is 2.34. The zero-order valence-electron chi connectivity index (χ0n) is 35.3. The van der Waals surface area contributed by atoms with Crippen molar-refractivity contribution in [3.05, 3.63) is 243 Å². The third-order valence-electron chi connectivity index (χ3n) is 12.8. The number of benzene rings is 10. The van der Waals surface area contributed by atoms with Crippen molar-refractivity contribution in [2.45, 2.75) is 0 Å². The Bertz CT molecular complexity index is 3840. The van der Waals surface area contributed by atoms with E-state index in [2.05, 4.69) is 262 Å². The Kier molecular flexibility index (Phi) is 8.46. The first-order chi connectivity index (χ1) is 32.3. The number of rotatable bonds is 8. The van der Waals surface area contributed by atoms with E-state index in [9.17, 15) is 0 Å². The summed E-state index contributed by atoms with van der Waals surface area (Å²) >= 11 is 0. The number of anilines is 6. The molecule has 0 aliphatic heterocycles. The summed E-state index contributed by atoms with van der Waals surface area (Å²) in [6, 6.07) is 86.8. The van der Waals surface area contributed by atoms with Crippen LogP contribution in [-0.2, 0) is 0 Å². The van der Waals surface area contributed by atoms with E-state index < -0.39 is 0 Å². The van der Waals surface area contributed by atoms with Crippen LogP contribution in [0.25, 0.3) is 76.9 Å². The van der Waals surface area contributed by atoms with Crippen molar-refractivity contribution in [1.29, 1.82) is 0 Å². The molecular weight excluding hydrogens is 793 g/mol. The number of fused-ring (bicyclic) bond motifs is 10. The molecule has 0 aliphatic rings. The topological polar surface area (TPSA) is 29.5 Å². The van der Waals surface area contributed by atoms with E-state index in [1.54, 1.807) is 0 Å². The molecule has 13 aromatic rings. The monoisotopic (exact) mass is 832 g/mol. The Labute approximate surface area is 375 Å². The van der Waals surface area contributed by atoms with E-state index >= 15 is 0 Å². The zero-order chi connectivity index (χ0) is 42.8. The van der Waals surface area contributed by atoms with Crippen LogP contribution in [0.15, 0.2) is 247 Å². The molecule has 3 aromatic heterocycles. The maximum Gasteiger partial charge on any atom is 0.162 e. The van der Waals surface area contributed by atoms with Crippen molar-refractivity contribution in [2.75, 3.05) is 9.80 Å². The first kappa shape index (κ1) is 36.8. The quantitative estimate of drug-likeness (QED) is 0.143. The Morgan fingerprint density at radius 2 is 0.738 bits per heavy atom. The average Bonchev–Trinajstić information content (AvgIpc) is 4.04. The molecule has 10 aromatic carbocycles. The zero-order valence-corrected chi connectivity index (χ0v) is 35.3. The molecule has 0 fully saturated rings. The molecule has 0 bridgehead atoms. The molecule has 306 valence electrons. The second-order valence-electron chi connectivity index (χ2n) is 16.5. The molecule has 0 amide bonds. The Balaban J connectivity index is 1.27. The molecular formula is C60H40N4O. The number of nitrogens with zero attached hydrogens (tertiary/aromatic N) is 4. The van der Waals surface area contributed by atoms with Gasteiger partial charge in [-0.05, 0) is 91.0 Å². The van der Waals surface area contributed by atoms with E-state index in [1.807, 2.05) is 0 Å². The van der Waals surface area contributed by atoms with Gasteiger partial charge in [0.05, 0.1) is 33.3 Å². The van der Waals surface area contributed by atoms with Gasteiger partial charge in [-0.2, -0.15) is 0 Å². The predicted octanol–water partition coefficient (Wildman–Crippen LogP) is 16.7. The fourth-order valence-corrected chi connectivity index (χ4v) is 10.2. The minimum atomic E-state index is 0.821. The lowest BCUT2D eigenvalue weighted by Crippen LogP contribution is -2.18. The lowest BCUT2D eigenvalue weighted by molar-refractivity contribution is 0.671. The van der Waals surface area contributed by atoms with Gasteiger partial charge in [0.2, 0.25) is 0 Å². The maximum absolute atomic E-state index is 7.28. The molecule has 0 radical (unpaired) electrons. The molecule has 0 aliphatic carbocycles. The Morgan fingerprint density at radius 1 is 0.308 bits per heavy atom. The number of hydrogen-bond donors (Lipinski definition) is 0. The fourth-order valence-electron chi connectivity index (χ4n) is 10.2. The Hall–Kier alpha value is -8.80. The van der Waals surface area contributed by atoms with Crippen LogP contribution in [0.5, 0.6) is 0 Å². The first-order valence-electron chi connectivity index (χ1n) is 22.1. The SMILES string of the molecule is c1ccc(N(c2ccc3c4ccccc4n(-c4ccccc4)c3c2)c2c(N(c3ccccc3)c3ccccc3)c3c4ccccc4n(-c4ccccc4)c3c3oc4ccccc4c23)cc1. The van der Waals surface area contributed by atoms with Crippen LogP contribution in [0.4, 0.5) is 34.1 Å². The van der Waals surface area contributed by atoms with E-state index in [0.717, 1.165) is 100 Å². The van der Waals surface area contributed by atoms with E-state index in [4.69, 9.17) is 4.42 Å². The molecule has 13 rings (SSSR count). The van der Waals surface area contributed by atoms with Gasteiger partial charge in [0.1, 0.15) is 11.1 Å². The highest BCUT2D eigenvalue weighted by atomic mass is 16.3. The molecule has 3 heterocycles. The predicted molar refractivity (Wildman–Crippen MR) is 272 cm³/mol. The second-order valence-corrected chi connectivity index (χ2v) is 16.5. The largest absolute Gasteiger partial charge is 0.454 e. The van der Waals surface area contributed by atoms with Crippen LogP contribution < -0.4 is 9.80 Å². The summed E-state index contributed by atoms with van der Waals surface area (Å²) in [6.45, 7) is 0. The smallest absolute Gasteiger partial charge is 0.162 e. The fraction of sp³-hybridized carbons (Fsp3) is 0.